The van der Waals surface area contributed by atoms with E-state index >= 15 is 0 Å². The van der Waals surface area contributed by atoms with Gasteiger partial charge in [0, 0.05) is 0 Å². The summed E-state index contributed by atoms with van der Waals surface area (Å²) in [6.07, 6.45) is -0.707. The van der Waals surface area contributed by atoms with E-state index in [1.807, 2.05) is 0 Å². The molecule has 0 saturated carbocycles. The molecule has 96 valence electrons. The molecule has 4 heteroatoms. The van der Waals surface area contributed by atoms with Crippen molar-refractivity contribution in [2.45, 2.75) is 26.0 Å². The third-order valence-corrected chi connectivity index (χ3v) is 2.48. The molecule has 1 aromatic rings. The molecule has 2 unspecified atom stereocenters. The number of carbonyl (C=O) groups excluding carboxylic acids is 1. The van der Waals surface area contributed by atoms with Crippen molar-refractivity contribution in [1.82, 2.24) is 5.32 Å². The SMILES string of the molecule is CC#CC(=O)NC(c1ccc(OC)cc1)C(C)O. The van der Waals surface area contributed by atoms with Crippen molar-refractivity contribution < 1.29 is 14.6 Å². The number of rotatable bonds is 4. The number of ether oxygens (including phenoxy) is 1. The predicted molar refractivity (Wildman–Crippen MR) is 69.0 cm³/mol. The number of aliphatic hydroxyl groups is 1. The number of nitrogens with one attached hydrogen (secondary N) is 1. The molecule has 0 aliphatic rings. The highest BCUT2D eigenvalue weighted by Crippen LogP contribution is 2.20. The van der Waals surface area contributed by atoms with Gasteiger partial charge in [0.2, 0.25) is 0 Å². The summed E-state index contributed by atoms with van der Waals surface area (Å²) in [6, 6.07) is 6.68. The first-order valence-corrected chi connectivity index (χ1v) is 5.63. The van der Waals surface area contributed by atoms with Crippen LogP contribution in [0.25, 0.3) is 0 Å². The first-order chi connectivity index (χ1) is 8.58. The maximum absolute atomic E-state index is 11.4. The van der Waals surface area contributed by atoms with Gasteiger partial charge in [0.1, 0.15) is 5.75 Å². The third-order valence-electron chi connectivity index (χ3n) is 2.48. The normalized spacial score (nSPS) is 12.9. The molecule has 1 rings (SSSR count). The van der Waals surface area contributed by atoms with E-state index in [0.29, 0.717) is 0 Å². The van der Waals surface area contributed by atoms with Crippen molar-refractivity contribution in [3.05, 3.63) is 29.8 Å². The zero-order valence-electron chi connectivity index (χ0n) is 10.7. The number of amides is 1. The van der Waals surface area contributed by atoms with E-state index in [2.05, 4.69) is 17.2 Å². The fourth-order valence-electron chi connectivity index (χ4n) is 1.58. The van der Waals surface area contributed by atoms with Gasteiger partial charge in [-0.2, -0.15) is 0 Å². The number of hydrogen-bond acceptors (Lipinski definition) is 3. The van der Waals surface area contributed by atoms with Gasteiger partial charge >= 0.3 is 0 Å². The first-order valence-electron chi connectivity index (χ1n) is 5.63. The summed E-state index contributed by atoms with van der Waals surface area (Å²) in [5, 5.41) is 12.4. The Labute approximate surface area is 107 Å². The Morgan fingerprint density at radius 3 is 2.44 bits per heavy atom. The second-order valence-corrected chi connectivity index (χ2v) is 3.84. The molecule has 4 nitrogen and oxygen atoms in total. The van der Waals surface area contributed by atoms with Gasteiger partial charge in [0.05, 0.1) is 19.3 Å². The molecule has 1 aromatic carbocycles. The van der Waals surface area contributed by atoms with Crippen molar-refractivity contribution >= 4 is 5.91 Å². The number of carbonyl (C=O) groups is 1. The van der Waals surface area contributed by atoms with Crippen LogP contribution in [0.4, 0.5) is 0 Å². The lowest BCUT2D eigenvalue weighted by Gasteiger charge is -2.20. The summed E-state index contributed by atoms with van der Waals surface area (Å²) in [5.74, 6) is 5.23. The Morgan fingerprint density at radius 2 is 2.00 bits per heavy atom. The smallest absolute Gasteiger partial charge is 0.296 e. The number of hydrogen-bond donors (Lipinski definition) is 2. The van der Waals surface area contributed by atoms with Gasteiger partial charge in [-0.25, -0.2) is 0 Å². The van der Waals surface area contributed by atoms with Crippen LogP contribution in [-0.4, -0.2) is 24.2 Å². The predicted octanol–water partition coefficient (Wildman–Crippen LogP) is 1.26. The summed E-state index contributed by atoms with van der Waals surface area (Å²) in [7, 11) is 1.58. The summed E-state index contributed by atoms with van der Waals surface area (Å²) < 4.78 is 5.06. The van der Waals surface area contributed by atoms with Gasteiger partial charge in [-0.1, -0.05) is 18.1 Å². The second kappa shape index (κ2) is 6.67. The Morgan fingerprint density at radius 1 is 1.39 bits per heavy atom. The number of aliphatic hydroxyl groups excluding tert-OH is 1. The molecule has 0 aliphatic heterocycles. The average molecular weight is 247 g/mol. The molecular weight excluding hydrogens is 230 g/mol. The van der Waals surface area contributed by atoms with Gasteiger partial charge in [0.25, 0.3) is 5.91 Å². The van der Waals surface area contributed by atoms with Crippen LogP contribution in [0.2, 0.25) is 0 Å². The number of benzene rings is 1. The van der Waals surface area contributed by atoms with E-state index in [-0.39, 0.29) is 0 Å². The molecule has 0 radical (unpaired) electrons. The molecule has 0 saturated heterocycles. The fourth-order valence-corrected chi connectivity index (χ4v) is 1.58. The maximum Gasteiger partial charge on any atom is 0.296 e. The Hall–Kier alpha value is -1.99. The Kier molecular flexibility index (Phi) is 5.22. The van der Waals surface area contributed by atoms with Gasteiger partial charge < -0.3 is 15.2 Å². The van der Waals surface area contributed by atoms with E-state index in [1.54, 1.807) is 45.2 Å². The fraction of sp³-hybridized carbons (Fsp3) is 0.357. The van der Waals surface area contributed by atoms with E-state index < -0.39 is 18.1 Å². The van der Waals surface area contributed by atoms with Gasteiger partial charge in [-0.3, -0.25) is 4.79 Å². The Balaban J connectivity index is 2.89. The molecule has 0 aromatic heterocycles. The first kappa shape index (κ1) is 14.1. The summed E-state index contributed by atoms with van der Waals surface area (Å²) in [4.78, 5) is 11.4. The van der Waals surface area contributed by atoms with Crippen LogP contribution in [0, 0.1) is 11.8 Å². The van der Waals surface area contributed by atoms with Crippen molar-refractivity contribution in [3.8, 4) is 17.6 Å². The lowest BCUT2D eigenvalue weighted by atomic mass is 10.0. The van der Waals surface area contributed by atoms with Gasteiger partial charge in [-0.15, -0.1) is 0 Å². The zero-order valence-corrected chi connectivity index (χ0v) is 10.7. The van der Waals surface area contributed by atoms with Crippen molar-refractivity contribution in [1.29, 1.82) is 0 Å². The highest BCUT2D eigenvalue weighted by molar-refractivity contribution is 5.93. The van der Waals surface area contributed by atoms with Crippen LogP contribution < -0.4 is 10.1 Å². The van der Waals surface area contributed by atoms with E-state index in [9.17, 15) is 9.90 Å². The number of methoxy groups -OCH3 is 1. The van der Waals surface area contributed by atoms with E-state index in [0.717, 1.165) is 11.3 Å². The monoisotopic (exact) mass is 247 g/mol. The standard InChI is InChI=1S/C14H17NO3/c1-4-5-13(17)15-14(10(2)16)11-6-8-12(18-3)9-7-11/h6-10,14,16H,1-3H3,(H,15,17). The van der Waals surface area contributed by atoms with Crippen molar-refractivity contribution in [3.63, 3.8) is 0 Å². The molecule has 2 N–H and O–H groups in total. The van der Waals surface area contributed by atoms with Crippen molar-refractivity contribution in [2.24, 2.45) is 0 Å². The molecule has 0 spiro atoms. The second-order valence-electron chi connectivity index (χ2n) is 3.84. The van der Waals surface area contributed by atoms with E-state index in [1.165, 1.54) is 0 Å². The summed E-state index contributed by atoms with van der Waals surface area (Å²) in [6.45, 7) is 3.21. The van der Waals surface area contributed by atoms with Crippen molar-refractivity contribution in [2.75, 3.05) is 7.11 Å². The largest absolute Gasteiger partial charge is 0.497 e. The molecule has 0 bridgehead atoms. The van der Waals surface area contributed by atoms with Gasteiger partial charge in [0.15, 0.2) is 0 Å². The molecular formula is C14H17NO3. The topological polar surface area (TPSA) is 58.6 Å². The average Bonchev–Trinajstić information content (AvgIpc) is 2.36. The van der Waals surface area contributed by atoms with Crippen LogP contribution in [-0.2, 0) is 4.79 Å². The van der Waals surface area contributed by atoms with E-state index in [4.69, 9.17) is 4.74 Å². The van der Waals surface area contributed by atoms with Crippen LogP contribution in [0.3, 0.4) is 0 Å². The zero-order chi connectivity index (χ0) is 13.5. The summed E-state index contributed by atoms with van der Waals surface area (Å²) in [5.41, 5.74) is 0.803. The molecule has 0 aliphatic carbocycles. The lowest BCUT2D eigenvalue weighted by Crippen LogP contribution is -2.34. The van der Waals surface area contributed by atoms with Crippen LogP contribution >= 0.6 is 0 Å². The highest BCUT2D eigenvalue weighted by atomic mass is 16.5. The molecule has 18 heavy (non-hydrogen) atoms. The lowest BCUT2D eigenvalue weighted by molar-refractivity contribution is -0.117. The highest BCUT2D eigenvalue weighted by Gasteiger charge is 2.18. The van der Waals surface area contributed by atoms with Crippen LogP contribution in [0.1, 0.15) is 25.5 Å². The molecule has 2 atom stereocenters. The molecule has 0 fully saturated rings. The quantitative estimate of drug-likeness (QED) is 0.787. The minimum absolute atomic E-state index is 0.404. The van der Waals surface area contributed by atoms with Crippen LogP contribution in [0.15, 0.2) is 24.3 Å². The minimum atomic E-state index is -0.707. The van der Waals surface area contributed by atoms with Crippen LogP contribution in [0.5, 0.6) is 5.75 Å². The van der Waals surface area contributed by atoms with Gasteiger partial charge in [-0.05, 0) is 37.5 Å². The maximum atomic E-state index is 11.4. The minimum Gasteiger partial charge on any atom is -0.497 e. The molecule has 0 heterocycles. The Bertz CT molecular complexity index is 454. The molecule has 1 amide bonds. The summed E-state index contributed by atoms with van der Waals surface area (Å²) >= 11 is 0. The third kappa shape index (κ3) is 3.79.